The van der Waals surface area contributed by atoms with Crippen LogP contribution in [-0.2, 0) is 17.8 Å². The third-order valence-corrected chi connectivity index (χ3v) is 6.83. The minimum atomic E-state index is -0.455. The van der Waals surface area contributed by atoms with Crippen LogP contribution >= 0.6 is 23.4 Å². The van der Waals surface area contributed by atoms with Crippen LogP contribution in [0.25, 0.3) is 6.08 Å². The molecule has 192 valence electrons. The molecule has 3 aromatic rings. The number of amides is 1. The van der Waals surface area contributed by atoms with Crippen molar-refractivity contribution >= 4 is 46.7 Å². The molecule has 1 aliphatic heterocycles. The Balaban J connectivity index is 1.49. The Labute approximate surface area is 224 Å². The van der Waals surface area contributed by atoms with Crippen molar-refractivity contribution in [3.63, 3.8) is 0 Å². The van der Waals surface area contributed by atoms with E-state index in [1.165, 1.54) is 29.5 Å². The van der Waals surface area contributed by atoms with Gasteiger partial charge in [-0.15, -0.1) is 0 Å². The summed E-state index contributed by atoms with van der Waals surface area (Å²) < 4.78 is 11.6. The van der Waals surface area contributed by atoms with Crippen molar-refractivity contribution in [2.75, 3.05) is 11.9 Å². The van der Waals surface area contributed by atoms with Gasteiger partial charge in [0.2, 0.25) is 0 Å². The maximum atomic E-state index is 12.6. The second-order valence-corrected chi connectivity index (χ2v) is 9.71. The summed E-state index contributed by atoms with van der Waals surface area (Å²) in [7, 11) is 0. The van der Waals surface area contributed by atoms with E-state index in [2.05, 4.69) is 29.7 Å². The van der Waals surface area contributed by atoms with Gasteiger partial charge in [0.15, 0.2) is 17.0 Å². The molecule has 1 amide bonds. The van der Waals surface area contributed by atoms with E-state index in [4.69, 9.17) is 21.1 Å². The Hall–Kier alpha value is -3.69. The van der Waals surface area contributed by atoms with Gasteiger partial charge in [0.05, 0.1) is 21.5 Å². The Kier molecular flexibility index (Phi) is 8.58. The van der Waals surface area contributed by atoms with Crippen LogP contribution < -0.4 is 20.1 Å². The lowest BCUT2D eigenvalue weighted by atomic mass is 10.1. The van der Waals surface area contributed by atoms with E-state index in [9.17, 15) is 14.9 Å². The average Bonchev–Trinajstić information content (AvgIpc) is 3.22. The number of ether oxygens (including phenoxy) is 2. The molecule has 0 radical (unpaired) electrons. The molecule has 0 bridgehead atoms. The van der Waals surface area contributed by atoms with Crippen molar-refractivity contribution in [2.45, 2.75) is 32.4 Å². The summed E-state index contributed by atoms with van der Waals surface area (Å²) in [5, 5.41) is 17.6. The van der Waals surface area contributed by atoms with Gasteiger partial charge in [-0.1, -0.05) is 54.6 Å². The van der Waals surface area contributed by atoms with E-state index in [1.54, 1.807) is 30.3 Å². The highest BCUT2D eigenvalue weighted by molar-refractivity contribution is 8.05. The molecular formula is C27H26ClN3O5S. The predicted octanol–water partition coefficient (Wildman–Crippen LogP) is 6.39. The minimum absolute atomic E-state index is 0.0164. The molecule has 4 rings (SSSR count). The number of aryl methyl sites for hydroxylation is 1. The fourth-order valence-electron chi connectivity index (χ4n) is 3.69. The first-order valence-corrected chi connectivity index (χ1v) is 13.0. The summed E-state index contributed by atoms with van der Waals surface area (Å²) in [6, 6.07) is 17.8. The third-order valence-electron chi connectivity index (χ3n) is 5.52. The Morgan fingerprint density at radius 1 is 1.11 bits per heavy atom. The van der Waals surface area contributed by atoms with Crippen molar-refractivity contribution in [2.24, 2.45) is 0 Å². The van der Waals surface area contributed by atoms with E-state index >= 15 is 0 Å². The van der Waals surface area contributed by atoms with Gasteiger partial charge in [0.1, 0.15) is 6.61 Å². The number of carbonyl (C=O) groups is 1. The topological polar surface area (TPSA) is 103 Å². The first-order chi connectivity index (χ1) is 17.9. The first-order valence-electron chi connectivity index (χ1n) is 11.7. The van der Waals surface area contributed by atoms with E-state index < -0.39 is 4.92 Å². The van der Waals surface area contributed by atoms with Crippen LogP contribution in [0, 0.1) is 10.1 Å². The molecule has 3 aromatic carbocycles. The molecule has 0 aromatic heterocycles. The number of anilines is 1. The zero-order chi connectivity index (χ0) is 26.4. The van der Waals surface area contributed by atoms with Crippen LogP contribution in [0.3, 0.4) is 0 Å². The van der Waals surface area contributed by atoms with Crippen LogP contribution in [-0.4, -0.2) is 22.9 Å². The van der Waals surface area contributed by atoms with Crippen LogP contribution in [0.1, 0.15) is 30.5 Å². The number of carbonyl (C=O) groups excluding carboxylic acids is 1. The molecule has 2 N–H and O–H groups in total. The summed E-state index contributed by atoms with van der Waals surface area (Å²) in [5.74, 6) is 0.560. The zero-order valence-corrected chi connectivity index (χ0v) is 21.9. The molecule has 0 unspecified atom stereocenters. The number of nitro groups is 1. The number of nitrogens with zero attached hydrogens (tertiary/aromatic N) is 1. The quantitative estimate of drug-likeness (QED) is 0.175. The lowest BCUT2D eigenvalue weighted by Gasteiger charge is -2.15. The number of hydrogen-bond donors (Lipinski definition) is 2. The van der Waals surface area contributed by atoms with E-state index in [-0.39, 0.29) is 23.7 Å². The number of benzene rings is 3. The number of nitrogens with one attached hydrogen (secondary N) is 2. The second-order valence-electron chi connectivity index (χ2n) is 8.15. The smallest absolute Gasteiger partial charge is 0.269 e. The number of nitro benzene ring substituents is 1. The fraction of sp³-hybridized carbons (Fsp3) is 0.222. The van der Waals surface area contributed by atoms with E-state index in [0.717, 1.165) is 12.1 Å². The molecule has 37 heavy (non-hydrogen) atoms. The molecule has 1 saturated heterocycles. The SMILES string of the molecule is CCOc1cc(/C=C2\S[C@@H](Nc3ccc(CC)cc3)NC2=O)cc(Cl)c1OCc1cccc([N+](=O)[O-])c1. The normalized spacial score (nSPS) is 15.9. The van der Waals surface area contributed by atoms with Crippen molar-refractivity contribution < 1.29 is 19.2 Å². The predicted molar refractivity (Wildman–Crippen MR) is 147 cm³/mol. The minimum Gasteiger partial charge on any atom is -0.490 e. The van der Waals surface area contributed by atoms with Crippen molar-refractivity contribution in [1.29, 1.82) is 0 Å². The van der Waals surface area contributed by atoms with Gasteiger partial charge >= 0.3 is 0 Å². The molecule has 0 saturated carbocycles. The van der Waals surface area contributed by atoms with Crippen LogP contribution in [0.2, 0.25) is 5.02 Å². The van der Waals surface area contributed by atoms with Gasteiger partial charge in [-0.2, -0.15) is 0 Å². The molecule has 10 heteroatoms. The van der Waals surface area contributed by atoms with Gasteiger partial charge in [-0.25, -0.2) is 0 Å². The summed E-state index contributed by atoms with van der Waals surface area (Å²) >= 11 is 7.92. The number of halogens is 1. The highest BCUT2D eigenvalue weighted by Gasteiger charge is 2.27. The van der Waals surface area contributed by atoms with Crippen molar-refractivity contribution in [3.8, 4) is 11.5 Å². The van der Waals surface area contributed by atoms with Crippen molar-refractivity contribution in [1.82, 2.24) is 5.32 Å². The standard InChI is InChI=1S/C27H26ClN3O5S/c1-3-17-8-10-20(11-9-17)29-27-30-26(32)24(37-27)15-19-13-22(28)25(23(14-19)35-4-2)36-16-18-6-5-7-21(12-18)31(33)34/h5-15,27,29H,3-4,16H2,1-2H3,(H,30,32)/b24-15-/t27-/m0/s1. The van der Waals surface area contributed by atoms with Crippen molar-refractivity contribution in [3.05, 3.63) is 97.4 Å². The Bertz CT molecular complexity index is 1330. The Morgan fingerprint density at radius 3 is 2.59 bits per heavy atom. The monoisotopic (exact) mass is 539 g/mol. The number of thioether (sulfide) groups is 1. The molecule has 0 spiro atoms. The summed E-state index contributed by atoms with van der Waals surface area (Å²) in [6.07, 6.45) is 2.72. The van der Waals surface area contributed by atoms with Gasteiger partial charge in [0.25, 0.3) is 11.6 Å². The zero-order valence-electron chi connectivity index (χ0n) is 20.3. The average molecular weight is 540 g/mol. The van der Waals surface area contributed by atoms with Gasteiger partial charge in [-0.3, -0.25) is 14.9 Å². The molecule has 1 aliphatic rings. The number of non-ortho nitro benzene ring substituents is 1. The second kappa shape index (κ2) is 12.0. The highest BCUT2D eigenvalue weighted by atomic mass is 35.5. The van der Waals surface area contributed by atoms with Gasteiger partial charge in [0, 0.05) is 17.8 Å². The van der Waals surface area contributed by atoms with E-state index in [1.807, 2.05) is 19.1 Å². The lowest BCUT2D eigenvalue weighted by Crippen LogP contribution is -2.30. The third kappa shape index (κ3) is 6.75. The Morgan fingerprint density at radius 2 is 1.89 bits per heavy atom. The molecular weight excluding hydrogens is 514 g/mol. The maximum absolute atomic E-state index is 12.6. The number of rotatable bonds is 10. The summed E-state index contributed by atoms with van der Waals surface area (Å²) in [5.41, 5.74) is 3.15. The molecule has 1 heterocycles. The van der Waals surface area contributed by atoms with Gasteiger partial charge in [-0.05, 0) is 60.4 Å². The summed E-state index contributed by atoms with van der Waals surface area (Å²) in [6.45, 7) is 4.40. The lowest BCUT2D eigenvalue weighted by molar-refractivity contribution is -0.384. The molecule has 1 fully saturated rings. The number of hydrogen-bond acceptors (Lipinski definition) is 7. The fourth-order valence-corrected chi connectivity index (χ4v) is 4.95. The first kappa shape index (κ1) is 26.4. The van der Waals surface area contributed by atoms with Crippen LogP contribution in [0.5, 0.6) is 11.5 Å². The molecule has 1 atom stereocenters. The summed E-state index contributed by atoms with van der Waals surface area (Å²) in [4.78, 5) is 23.7. The molecule has 0 aliphatic carbocycles. The van der Waals surface area contributed by atoms with Gasteiger partial charge < -0.3 is 20.1 Å². The van der Waals surface area contributed by atoms with Crippen LogP contribution in [0.4, 0.5) is 11.4 Å². The van der Waals surface area contributed by atoms with E-state index in [0.29, 0.717) is 39.2 Å². The highest BCUT2D eigenvalue weighted by Crippen LogP contribution is 2.39. The maximum Gasteiger partial charge on any atom is 0.269 e. The molecule has 8 nitrogen and oxygen atoms in total. The largest absolute Gasteiger partial charge is 0.490 e. The van der Waals surface area contributed by atoms with Crippen LogP contribution in [0.15, 0.2) is 65.6 Å².